The first-order valence-electron chi connectivity index (χ1n) is 6.76. The Balaban J connectivity index is 2.35. The Morgan fingerprint density at radius 2 is 2.15 bits per heavy atom. The van der Waals surface area contributed by atoms with Crippen molar-refractivity contribution in [3.05, 3.63) is 18.0 Å². The van der Waals surface area contributed by atoms with E-state index >= 15 is 0 Å². The van der Waals surface area contributed by atoms with E-state index in [1.165, 1.54) is 0 Å². The minimum Gasteiger partial charge on any atom is -0.481 e. The molecular formula is C14H19N3O3. The lowest BCUT2D eigenvalue weighted by Gasteiger charge is -2.11. The Hall–Kier alpha value is -2.11. The highest BCUT2D eigenvalue weighted by atomic mass is 16.5. The van der Waals surface area contributed by atoms with E-state index in [9.17, 15) is 4.79 Å². The summed E-state index contributed by atoms with van der Waals surface area (Å²) in [7, 11) is 1.56. The van der Waals surface area contributed by atoms with Gasteiger partial charge in [0, 0.05) is 6.07 Å². The fourth-order valence-electron chi connectivity index (χ4n) is 2.07. The van der Waals surface area contributed by atoms with Crippen LogP contribution in [0.1, 0.15) is 38.4 Å². The maximum atomic E-state index is 12.0. The number of carbonyl (C=O) groups excluding carboxylic acids is 1. The van der Waals surface area contributed by atoms with E-state index in [1.54, 1.807) is 20.1 Å². The summed E-state index contributed by atoms with van der Waals surface area (Å²) in [5.41, 5.74) is 1.33. The molecule has 108 valence electrons. The average molecular weight is 277 g/mol. The van der Waals surface area contributed by atoms with Crippen molar-refractivity contribution in [2.24, 2.45) is 0 Å². The first-order chi connectivity index (χ1) is 9.69. The van der Waals surface area contributed by atoms with Crippen LogP contribution in [0.2, 0.25) is 0 Å². The summed E-state index contributed by atoms with van der Waals surface area (Å²) in [4.78, 5) is 23.8. The van der Waals surface area contributed by atoms with E-state index in [2.05, 4.69) is 15.0 Å². The summed E-state index contributed by atoms with van der Waals surface area (Å²) in [5.74, 6) is 0.472. The van der Waals surface area contributed by atoms with E-state index in [1.807, 2.05) is 13.0 Å². The Morgan fingerprint density at radius 1 is 1.35 bits per heavy atom. The minimum atomic E-state index is -0.375. The van der Waals surface area contributed by atoms with Crippen LogP contribution in [0, 0.1) is 0 Å². The molecule has 6 heteroatoms. The third-order valence-electron chi connectivity index (χ3n) is 3.03. The highest BCUT2D eigenvalue weighted by molar-refractivity contribution is 5.79. The molecule has 0 saturated carbocycles. The summed E-state index contributed by atoms with van der Waals surface area (Å²) in [5, 5.41) is 0. The van der Waals surface area contributed by atoms with Crippen molar-refractivity contribution in [3.63, 3.8) is 0 Å². The standard InChI is InChI=1S/C14H19N3O3/c1-4-6-9(14(18)20-5-2)12-15-10-7-8-11(19-3)16-13(10)17-12/h7-9H,4-6H2,1-3H3,(H,15,16,17). The van der Waals surface area contributed by atoms with Gasteiger partial charge in [-0.15, -0.1) is 0 Å². The molecule has 0 amide bonds. The van der Waals surface area contributed by atoms with Gasteiger partial charge >= 0.3 is 5.97 Å². The van der Waals surface area contributed by atoms with Crippen LogP contribution in [-0.2, 0) is 9.53 Å². The smallest absolute Gasteiger partial charge is 0.316 e. The molecule has 2 aromatic heterocycles. The molecule has 1 N–H and O–H groups in total. The number of methoxy groups -OCH3 is 1. The van der Waals surface area contributed by atoms with Crippen LogP contribution >= 0.6 is 0 Å². The highest BCUT2D eigenvalue weighted by Gasteiger charge is 2.24. The zero-order valence-electron chi connectivity index (χ0n) is 12.0. The minimum absolute atomic E-state index is 0.250. The van der Waals surface area contributed by atoms with Crippen molar-refractivity contribution in [1.29, 1.82) is 0 Å². The third-order valence-corrected chi connectivity index (χ3v) is 3.03. The Bertz CT molecular complexity index is 594. The molecule has 0 saturated heterocycles. The van der Waals surface area contributed by atoms with Gasteiger partial charge in [0.25, 0.3) is 0 Å². The maximum absolute atomic E-state index is 12.0. The largest absolute Gasteiger partial charge is 0.481 e. The van der Waals surface area contributed by atoms with E-state index in [0.717, 1.165) is 11.9 Å². The van der Waals surface area contributed by atoms with Crippen LogP contribution in [0.3, 0.4) is 0 Å². The quantitative estimate of drug-likeness (QED) is 0.820. The number of nitrogens with zero attached hydrogens (tertiary/aromatic N) is 2. The van der Waals surface area contributed by atoms with E-state index in [4.69, 9.17) is 9.47 Å². The molecule has 6 nitrogen and oxygen atoms in total. The Labute approximate surface area is 117 Å². The molecule has 0 aliphatic rings. The summed E-state index contributed by atoms with van der Waals surface area (Å²) in [6.45, 7) is 4.19. The number of imidazole rings is 1. The first-order valence-corrected chi connectivity index (χ1v) is 6.76. The molecule has 1 atom stereocenters. The predicted octanol–water partition coefficient (Wildman–Crippen LogP) is 2.41. The number of aromatic nitrogens is 3. The van der Waals surface area contributed by atoms with Gasteiger partial charge in [-0.3, -0.25) is 4.79 Å². The lowest BCUT2D eigenvalue weighted by molar-refractivity contribution is -0.145. The number of aromatic amines is 1. The average Bonchev–Trinajstić information content (AvgIpc) is 2.87. The second kappa shape index (κ2) is 6.36. The molecule has 20 heavy (non-hydrogen) atoms. The van der Waals surface area contributed by atoms with Crippen LogP contribution in [0.5, 0.6) is 5.88 Å². The topological polar surface area (TPSA) is 77.1 Å². The lowest BCUT2D eigenvalue weighted by atomic mass is 10.0. The second-order valence-corrected chi connectivity index (χ2v) is 4.44. The van der Waals surface area contributed by atoms with Gasteiger partial charge in [-0.2, -0.15) is 4.98 Å². The molecule has 1 unspecified atom stereocenters. The number of H-pyrrole nitrogens is 1. The van der Waals surface area contributed by atoms with Gasteiger partial charge in [0.1, 0.15) is 11.7 Å². The molecule has 0 fully saturated rings. The molecule has 0 aromatic carbocycles. The molecular weight excluding hydrogens is 258 g/mol. The van der Waals surface area contributed by atoms with Crippen molar-refractivity contribution in [1.82, 2.24) is 15.0 Å². The van der Waals surface area contributed by atoms with Crippen molar-refractivity contribution in [2.45, 2.75) is 32.6 Å². The lowest BCUT2D eigenvalue weighted by Crippen LogP contribution is -2.17. The van der Waals surface area contributed by atoms with E-state index < -0.39 is 0 Å². The third kappa shape index (κ3) is 2.89. The number of ether oxygens (including phenoxy) is 2. The number of nitrogens with one attached hydrogen (secondary N) is 1. The van der Waals surface area contributed by atoms with Crippen LogP contribution in [0.25, 0.3) is 11.2 Å². The molecule has 0 aliphatic heterocycles. The molecule has 0 spiro atoms. The van der Waals surface area contributed by atoms with E-state index in [0.29, 0.717) is 30.4 Å². The number of esters is 1. The Morgan fingerprint density at radius 3 is 2.80 bits per heavy atom. The summed E-state index contributed by atoms with van der Waals surface area (Å²) in [6.07, 6.45) is 1.56. The normalized spacial score (nSPS) is 12.3. The van der Waals surface area contributed by atoms with Gasteiger partial charge in [-0.25, -0.2) is 4.98 Å². The zero-order valence-corrected chi connectivity index (χ0v) is 12.0. The molecule has 2 heterocycles. The van der Waals surface area contributed by atoms with Crippen molar-refractivity contribution >= 4 is 17.1 Å². The number of hydrogen-bond donors (Lipinski definition) is 1. The van der Waals surface area contributed by atoms with Crippen molar-refractivity contribution in [2.75, 3.05) is 13.7 Å². The monoisotopic (exact) mass is 277 g/mol. The number of pyridine rings is 1. The van der Waals surface area contributed by atoms with Crippen LogP contribution in [0.4, 0.5) is 0 Å². The van der Waals surface area contributed by atoms with Gasteiger partial charge in [0.15, 0.2) is 5.65 Å². The Kier molecular flexibility index (Phi) is 4.55. The van der Waals surface area contributed by atoms with E-state index in [-0.39, 0.29) is 11.9 Å². The van der Waals surface area contributed by atoms with Gasteiger partial charge in [0.2, 0.25) is 5.88 Å². The summed E-state index contributed by atoms with van der Waals surface area (Å²) in [6, 6.07) is 3.59. The molecule has 0 radical (unpaired) electrons. The maximum Gasteiger partial charge on any atom is 0.316 e. The molecule has 2 rings (SSSR count). The van der Waals surface area contributed by atoms with Gasteiger partial charge in [-0.05, 0) is 19.4 Å². The second-order valence-electron chi connectivity index (χ2n) is 4.44. The van der Waals surface area contributed by atoms with Gasteiger partial charge in [0.05, 0.1) is 19.2 Å². The fourth-order valence-corrected chi connectivity index (χ4v) is 2.07. The fraction of sp³-hybridized carbons (Fsp3) is 0.500. The number of hydrogen-bond acceptors (Lipinski definition) is 5. The van der Waals surface area contributed by atoms with Crippen LogP contribution in [0.15, 0.2) is 12.1 Å². The van der Waals surface area contributed by atoms with Gasteiger partial charge in [-0.1, -0.05) is 13.3 Å². The number of rotatable bonds is 6. The SMILES string of the molecule is CCCC(C(=O)OCC)c1nc2nc(OC)ccc2[nH]1. The summed E-state index contributed by atoms with van der Waals surface area (Å²) >= 11 is 0. The number of fused-ring (bicyclic) bond motifs is 1. The molecule has 2 aromatic rings. The first kappa shape index (κ1) is 14.3. The van der Waals surface area contributed by atoms with Crippen LogP contribution in [-0.4, -0.2) is 34.6 Å². The molecule has 0 bridgehead atoms. The number of carbonyl (C=O) groups is 1. The van der Waals surface area contributed by atoms with Crippen LogP contribution < -0.4 is 4.74 Å². The van der Waals surface area contributed by atoms with Gasteiger partial charge < -0.3 is 14.5 Å². The van der Waals surface area contributed by atoms with Crippen molar-refractivity contribution < 1.29 is 14.3 Å². The predicted molar refractivity (Wildman–Crippen MR) is 74.7 cm³/mol. The van der Waals surface area contributed by atoms with Crippen molar-refractivity contribution in [3.8, 4) is 5.88 Å². The zero-order chi connectivity index (χ0) is 14.5. The molecule has 0 aliphatic carbocycles. The summed E-state index contributed by atoms with van der Waals surface area (Å²) < 4.78 is 10.2. The highest BCUT2D eigenvalue weighted by Crippen LogP contribution is 2.23.